The minimum Gasteiger partial charge on any atom is -0.497 e. The largest absolute Gasteiger partial charge is 0.497 e. The van der Waals surface area contributed by atoms with Crippen LogP contribution in [0.5, 0.6) is 5.75 Å². The minimum atomic E-state index is 0.143. The Hall–Kier alpha value is -1.55. The number of carbonyl (C=O) groups excluding carboxylic acids is 1. The summed E-state index contributed by atoms with van der Waals surface area (Å²) in [6.07, 6.45) is 3.55. The van der Waals surface area contributed by atoms with E-state index in [1.807, 2.05) is 24.3 Å². The van der Waals surface area contributed by atoms with E-state index in [0.717, 1.165) is 43.7 Å². The highest BCUT2D eigenvalue weighted by molar-refractivity contribution is 5.76. The summed E-state index contributed by atoms with van der Waals surface area (Å²) in [4.78, 5) is 11.8. The Morgan fingerprint density at radius 1 is 1.42 bits per heavy atom. The monoisotopic (exact) mass is 262 g/mol. The maximum atomic E-state index is 11.8. The molecule has 0 saturated carbocycles. The van der Waals surface area contributed by atoms with E-state index in [1.165, 1.54) is 0 Å². The van der Waals surface area contributed by atoms with Crippen LogP contribution in [0.1, 0.15) is 24.8 Å². The normalized spacial score (nSPS) is 18.9. The van der Waals surface area contributed by atoms with Crippen LogP contribution in [0.15, 0.2) is 24.3 Å². The highest BCUT2D eigenvalue weighted by atomic mass is 16.5. The SMILES string of the molecule is COc1ccc(CCC(=O)N[C@@H]2CCCNC2)cc1. The first-order valence-corrected chi connectivity index (χ1v) is 6.91. The van der Waals surface area contributed by atoms with Gasteiger partial charge in [-0.3, -0.25) is 4.79 Å². The zero-order chi connectivity index (χ0) is 13.5. The topological polar surface area (TPSA) is 50.4 Å². The van der Waals surface area contributed by atoms with Crippen molar-refractivity contribution >= 4 is 5.91 Å². The van der Waals surface area contributed by atoms with E-state index >= 15 is 0 Å². The molecule has 0 spiro atoms. The number of carbonyl (C=O) groups is 1. The Kier molecular flexibility index (Phi) is 5.21. The van der Waals surface area contributed by atoms with Crippen LogP contribution in [-0.4, -0.2) is 32.1 Å². The molecule has 1 atom stereocenters. The molecule has 1 aromatic carbocycles. The van der Waals surface area contributed by atoms with E-state index in [4.69, 9.17) is 4.74 Å². The average Bonchev–Trinajstić information content (AvgIpc) is 2.47. The Morgan fingerprint density at radius 3 is 2.84 bits per heavy atom. The summed E-state index contributed by atoms with van der Waals surface area (Å²) in [5, 5.41) is 6.38. The van der Waals surface area contributed by atoms with Gasteiger partial charge in [0.2, 0.25) is 5.91 Å². The van der Waals surface area contributed by atoms with Gasteiger partial charge in [0.1, 0.15) is 5.75 Å². The highest BCUT2D eigenvalue weighted by Crippen LogP contribution is 2.12. The predicted molar refractivity (Wildman–Crippen MR) is 75.3 cm³/mol. The second-order valence-corrected chi connectivity index (χ2v) is 4.96. The van der Waals surface area contributed by atoms with Crippen LogP contribution >= 0.6 is 0 Å². The lowest BCUT2D eigenvalue weighted by Gasteiger charge is -2.23. The van der Waals surface area contributed by atoms with Crippen LogP contribution in [0, 0.1) is 0 Å². The number of benzene rings is 1. The van der Waals surface area contributed by atoms with Crippen molar-refractivity contribution in [1.29, 1.82) is 0 Å². The van der Waals surface area contributed by atoms with Crippen LogP contribution in [0.4, 0.5) is 0 Å². The Labute approximate surface area is 114 Å². The molecule has 19 heavy (non-hydrogen) atoms. The number of piperidine rings is 1. The van der Waals surface area contributed by atoms with E-state index in [2.05, 4.69) is 10.6 Å². The Bertz CT molecular complexity index is 397. The van der Waals surface area contributed by atoms with E-state index in [-0.39, 0.29) is 5.91 Å². The van der Waals surface area contributed by atoms with Crippen molar-refractivity contribution < 1.29 is 9.53 Å². The quantitative estimate of drug-likeness (QED) is 0.845. The lowest BCUT2D eigenvalue weighted by molar-refractivity contribution is -0.121. The van der Waals surface area contributed by atoms with Gasteiger partial charge in [-0.15, -0.1) is 0 Å². The standard InChI is InChI=1S/C15H22N2O2/c1-19-14-7-4-12(5-8-14)6-9-15(18)17-13-3-2-10-16-11-13/h4-5,7-8,13,16H,2-3,6,9-11H2,1H3,(H,17,18)/t13-/m1/s1. The molecule has 1 heterocycles. The third-order valence-corrected chi connectivity index (χ3v) is 3.46. The summed E-state index contributed by atoms with van der Waals surface area (Å²) in [5.74, 6) is 0.992. The molecule has 4 nitrogen and oxygen atoms in total. The zero-order valence-electron chi connectivity index (χ0n) is 11.4. The Balaban J connectivity index is 1.72. The molecule has 0 aliphatic carbocycles. The average molecular weight is 262 g/mol. The van der Waals surface area contributed by atoms with E-state index in [0.29, 0.717) is 12.5 Å². The second-order valence-electron chi connectivity index (χ2n) is 4.96. The maximum Gasteiger partial charge on any atom is 0.220 e. The first-order valence-electron chi connectivity index (χ1n) is 6.91. The number of aryl methyl sites for hydroxylation is 1. The first-order chi connectivity index (χ1) is 9.28. The number of hydrogen-bond donors (Lipinski definition) is 2. The minimum absolute atomic E-state index is 0.143. The van der Waals surface area contributed by atoms with E-state index in [1.54, 1.807) is 7.11 Å². The number of nitrogens with one attached hydrogen (secondary N) is 2. The molecule has 4 heteroatoms. The summed E-state index contributed by atoms with van der Waals surface area (Å²) >= 11 is 0. The summed E-state index contributed by atoms with van der Waals surface area (Å²) < 4.78 is 5.11. The lowest BCUT2D eigenvalue weighted by atomic mass is 10.1. The molecule has 1 aliphatic heterocycles. The predicted octanol–water partition coefficient (Wildman–Crippen LogP) is 1.50. The van der Waals surface area contributed by atoms with Gasteiger partial charge in [-0.05, 0) is 43.5 Å². The van der Waals surface area contributed by atoms with Crippen LogP contribution in [0.3, 0.4) is 0 Å². The van der Waals surface area contributed by atoms with Crippen molar-refractivity contribution in [2.45, 2.75) is 31.7 Å². The van der Waals surface area contributed by atoms with Gasteiger partial charge in [-0.2, -0.15) is 0 Å². The summed E-state index contributed by atoms with van der Waals surface area (Å²) in [7, 11) is 1.65. The van der Waals surface area contributed by atoms with Gasteiger partial charge in [-0.25, -0.2) is 0 Å². The summed E-state index contributed by atoms with van der Waals surface area (Å²) in [6.45, 7) is 1.96. The van der Waals surface area contributed by atoms with Crippen molar-refractivity contribution in [3.63, 3.8) is 0 Å². The van der Waals surface area contributed by atoms with Crippen LogP contribution in [0.25, 0.3) is 0 Å². The van der Waals surface area contributed by atoms with Gasteiger partial charge in [0.25, 0.3) is 0 Å². The van der Waals surface area contributed by atoms with Crippen molar-refractivity contribution in [3.8, 4) is 5.75 Å². The van der Waals surface area contributed by atoms with Crippen molar-refractivity contribution in [2.75, 3.05) is 20.2 Å². The maximum absolute atomic E-state index is 11.8. The number of ether oxygens (including phenoxy) is 1. The van der Waals surface area contributed by atoms with Crippen molar-refractivity contribution in [3.05, 3.63) is 29.8 Å². The van der Waals surface area contributed by atoms with Crippen LogP contribution < -0.4 is 15.4 Å². The van der Waals surface area contributed by atoms with Gasteiger partial charge in [0, 0.05) is 19.0 Å². The zero-order valence-corrected chi connectivity index (χ0v) is 11.4. The van der Waals surface area contributed by atoms with Crippen molar-refractivity contribution in [2.24, 2.45) is 0 Å². The fraction of sp³-hybridized carbons (Fsp3) is 0.533. The van der Waals surface area contributed by atoms with E-state index < -0.39 is 0 Å². The molecular weight excluding hydrogens is 240 g/mol. The van der Waals surface area contributed by atoms with Gasteiger partial charge < -0.3 is 15.4 Å². The van der Waals surface area contributed by atoms with Crippen molar-refractivity contribution in [1.82, 2.24) is 10.6 Å². The lowest BCUT2D eigenvalue weighted by Crippen LogP contribution is -2.45. The molecule has 0 unspecified atom stereocenters. The number of methoxy groups -OCH3 is 1. The smallest absolute Gasteiger partial charge is 0.220 e. The summed E-state index contributed by atoms with van der Waals surface area (Å²) in [5.41, 5.74) is 1.16. The molecule has 1 aliphatic rings. The fourth-order valence-corrected chi connectivity index (χ4v) is 2.32. The number of amides is 1. The summed E-state index contributed by atoms with van der Waals surface area (Å²) in [6, 6.07) is 8.18. The molecule has 0 bridgehead atoms. The second kappa shape index (κ2) is 7.14. The Morgan fingerprint density at radius 2 is 2.21 bits per heavy atom. The van der Waals surface area contributed by atoms with Gasteiger partial charge in [0.05, 0.1) is 7.11 Å². The first kappa shape index (κ1) is 13.9. The molecule has 104 valence electrons. The fourth-order valence-electron chi connectivity index (χ4n) is 2.32. The third-order valence-electron chi connectivity index (χ3n) is 3.46. The highest BCUT2D eigenvalue weighted by Gasteiger charge is 2.14. The molecular formula is C15H22N2O2. The molecule has 1 saturated heterocycles. The third kappa shape index (κ3) is 4.56. The molecule has 0 radical (unpaired) electrons. The van der Waals surface area contributed by atoms with E-state index in [9.17, 15) is 4.79 Å². The van der Waals surface area contributed by atoms with Crippen LogP contribution in [-0.2, 0) is 11.2 Å². The van der Waals surface area contributed by atoms with Crippen LogP contribution in [0.2, 0.25) is 0 Å². The molecule has 1 fully saturated rings. The molecule has 2 rings (SSSR count). The van der Waals surface area contributed by atoms with Gasteiger partial charge >= 0.3 is 0 Å². The molecule has 1 aromatic rings. The number of rotatable bonds is 5. The van der Waals surface area contributed by atoms with Gasteiger partial charge in [0.15, 0.2) is 0 Å². The molecule has 2 N–H and O–H groups in total. The number of hydrogen-bond acceptors (Lipinski definition) is 3. The molecule has 1 amide bonds. The van der Waals surface area contributed by atoms with Gasteiger partial charge in [-0.1, -0.05) is 12.1 Å². The molecule has 0 aromatic heterocycles.